The maximum absolute atomic E-state index is 12.9. The number of nitrogens with zero attached hydrogens (tertiary/aromatic N) is 2. The van der Waals surface area contributed by atoms with Crippen LogP contribution in [0.1, 0.15) is 42.9 Å². The van der Waals surface area contributed by atoms with Crippen LogP contribution >= 0.6 is 0 Å². The van der Waals surface area contributed by atoms with E-state index in [4.69, 9.17) is 0 Å². The van der Waals surface area contributed by atoms with E-state index in [2.05, 4.69) is 20.6 Å². The van der Waals surface area contributed by atoms with Gasteiger partial charge in [-0.1, -0.05) is 12.1 Å². The van der Waals surface area contributed by atoms with E-state index < -0.39 is 0 Å². The van der Waals surface area contributed by atoms with Gasteiger partial charge in [0.2, 0.25) is 5.95 Å². The lowest BCUT2D eigenvalue weighted by atomic mass is 10.2. The van der Waals surface area contributed by atoms with Gasteiger partial charge >= 0.3 is 0 Å². The van der Waals surface area contributed by atoms with Crippen LogP contribution in [0.5, 0.6) is 0 Å². The fraction of sp³-hybridized carbons (Fsp3) is 0.412. The Labute approximate surface area is 129 Å². The molecule has 4 nitrogen and oxygen atoms in total. The number of anilines is 2. The Kier molecular flexibility index (Phi) is 3.41. The Morgan fingerprint density at radius 2 is 1.82 bits per heavy atom. The van der Waals surface area contributed by atoms with Gasteiger partial charge < -0.3 is 10.6 Å². The molecule has 0 radical (unpaired) electrons. The van der Waals surface area contributed by atoms with Crippen molar-refractivity contribution in [2.45, 2.75) is 44.2 Å². The van der Waals surface area contributed by atoms with Crippen LogP contribution < -0.4 is 10.6 Å². The largest absolute Gasteiger partial charge is 0.366 e. The monoisotopic (exact) mass is 298 g/mol. The molecule has 2 fully saturated rings. The number of rotatable bonds is 6. The van der Waals surface area contributed by atoms with Crippen molar-refractivity contribution >= 4 is 11.8 Å². The fourth-order valence-corrected chi connectivity index (χ4v) is 2.41. The molecule has 1 heterocycles. The summed E-state index contributed by atoms with van der Waals surface area (Å²) in [5, 5.41) is 6.70. The molecule has 0 unspecified atom stereocenters. The summed E-state index contributed by atoms with van der Waals surface area (Å²) in [7, 11) is 0. The topological polar surface area (TPSA) is 49.8 Å². The van der Waals surface area contributed by atoms with E-state index in [1.165, 1.54) is 37.8 Å². The predicted octanol–water partition coefficient (Wildman–Crippen LogP) is 3.68. The van der Waals surface area contributed by atoms with E-state index in [0.717, 1.165) is 23.0 Å². The molecule has 2 aromatic rings. The maximum Gasteiger partial charge on any atom is 0.225 e. The minimum absolute atomic E-state index is 0.210. The quantitative estimate of drug-likeness (QED) is 0.854. The molecule has 114 valence electrons. The van der Waals surface area contributed by atoms with Crippen molar-refractivity contribution in [1.29, 1.82) is 0 Å². The van der Waals surface area contributed by atoms with Gasteiger partial charge in [-0.2, -0.15) is 4.98 Å². The van der Waals surface area contributed by atoms with Gasteiger partial charge in [0, 0.05) is 24.6 Å². The molecule has 1 aromatic carbocycles. The lowest BCUT2D eigenvalue weighted by molar-refractivity contribution is 0.627. The molecule has 2 saturated carbocycles. The molecular weight excluding hydrogens is 279 g/mol. The van der Waals surface area contributed by atoms with E-state index in [1.807, 2.05) is 6.07 Å². The Morgan fingerprint density at radius 1 is 1.05 bits per heavy atom. The molecular formula is C17H19FN4. The molecule has 0 spiro atoms. The van der Waals surface area contributed by atoms with Crippen molar-refractivity contribution in [3.8, 4) is 0 Å². The third kappa shape index (κ3) is 3.35. The van der Waals surface area contributed by atoms with Crippen LogP contribution in [-0.4, -0.2) is 16.0 Å². The zero-order valence-electron chi connectivity index (χ0n) is 12.3. The Balaban J connectivity index is 1.49. The standard InChI is InChI=1S/C17H19FN4/c18-13-5-1-11(2-6-13)10-19-16-9-15(12-3-4-12)21-17(22-16)20-14-7-8-14/h1-2,5-6,9,12,14H,3-4,7-8,10H2,(H2,19,20,21,22). The SMILES string of the molecule is Fc1ccc(CNc2cc(C3CC3)nc(NC3CC3)n2)cc1. The molecule has 2 aliphatic rings. The summed E-state index contributed by atoms with van der Waals surface area (Å²) in [6.07, 6.45) is 4.85. The van der Waals surface area contributed by atoms with E-state index in [9.17, 15) is 4.39 Å². The Hall–Kier alpha value is -2.17. The van der Waals surface area contributed by atoms with Gasteiger partial charge in [0.05, 0.1) is 5.69 Å². The molecule has 0 saturated heterocycles. The average Bonchev–Trinajstić information content (AvgIpc) is 3.40. The smallest absolute Gasteiger partial charge is 0.225 e. The van der Waals surface area contributed by atoms with Crippen LogP contribution in [0.4, 0.5) is 16.2 Å². The van der Waals surface area contributed by atoms with Gasteiger partial charge in [0.1, 0.15) is 11.6 Å². The highest BCUT2D eigenvalue weighted by Crippen LogP contribution is 2.40. The van der Waals surface area contributed by atoms with E-state index >= 15 is 0 Å². The maximum atomic E-state index is 12.9. The summed E-state index contributed by atoms with van der Waals surface area (Å²) < 4.78 is 12.9. The van der Waals surface area contributed by atoms with E-state index in [0.29, 0.717) is 18.5 Å². The number of aromatic nitrogens is 2. The van der Waals surface area contributed by atoms with Crippen LogP contribution in [0.2, 0.25) is 0 Å². The molecule has 0 aliphatic heterocycles. The summed E-state index contributed by atoms with van der Waals surface area (Å²) in [5.41, 5.74) is 2.16. The summed E-state index contributed by atoms with van der Waals surface area (Å²) in [6, 6.07) is 9.11. The van der Waals surface area contributed by atoms with Crippen molar-refractivity contribution in [3.63, 3.8) is 0 Å². The first-order valence-corrected chi connectivity index (χ1v) is 7.90. The molecule has 4 rings (SSSR count). The lowest BCUT2D eigenvalue weighted by Crippen LogP contribution is -2.10. The fourth-order valence-electron chi connectivity index (χ4n) is 2.41. The Morgan fingerprint density at radius 3 is 2.50 bits per heavy atom. The van der Waals surface area contributed by atoms with Crippen molar-refractivity contribution < 1.29 is 4.39 Å². The van der Waals surface area contributed by atoms with Gasteiger partial charge in [-0.05, 0) is 43.4 Å². The summed E-state index contributed by atoms with van der Waals surface area (Å²) in [5.74, 6) is 1.95. The number of hydrogen-bond acceptors (Lipinski definition) is 4. The van der Waals surface area contributed by atoms with Gasteiger partial charge in [0.25, 0.3) is 0 Å². The molecule has 0 bridgehead atoms. The van der Waals surface area contributed by atoms with Crippen molar-refractivity contribution in [2.24, 2.45) is 0 Å². The van der Waals surface area contributed by atoms with Crippen LogP contribution in [0.15, 0.2) is 30.3 Å². The molecule has 2 N–H and O–H groups in total. The Bertz CT molecular complexity index is 663. The second-order valence-electron chi connectivity index (χ2n) is 6.17. The normalized spacial score (nSPS) is 17.3. The molecule has 22 heavy (non-hydrogen) atoms. The summed E-state index contributed by atoms with van der Waals surface area (Å²) >= 11 is 0. The first kappa shape index (κ1) is 13.5. The molecule has 5 heteroatoms. The summed E-state index contributed by atoms with van der Waals surface area (Å²) in [4.78, 5) is 9.18. The van der Waals surface area contributed by atoms with Crippen molar-refractivity contribution in [1.82, 2.24) is 9.97 Å². The summed E-state index contributed by atoms with van der Waals surface area (Å²) in [6.45, 7) is 0.629. The highest BCUT2D eigenvalue weighted by molar-refractivity contribution is 5.45. The minimum atomic E-state index is -0.210. The molecule has 2 aliphatic carbocycles. The lowest BCUT2D eigenvalue weighted by Gasteiger charge is -2.11. The molecule has 0 atom stereocenters. The molecule has 1 aromatic heterocycles. The zero-order chi connectivity index (χ0) is 14.9. The van der Waals surface area contributed by atoms with Crippen LogP contribution in [-0.2, 0) is 6.54 Å². The van der Waals surface area contributed by atoms with Gasteiger partial charge in [-0.3, -0.25) is 0 Å². The number of benzene rings is 1. The van der Waals surface area contributed by atoms with Gasteiger partial charge in [-0.25, -0.2) is 9.37 Å². The average molecular weight is 298 g/mol. The highest BCUT2D eigenvalue weighted by atomic mass is 19.1. The minimum Gasteiger partial charge on any atom is -0.366 e. The second kappa shape index (κ2) is 5.55. The van der Waals surface area contributed by atoms with E-state index in [-0.39, 0.29) is 5.82 Å². The predicted molar refractivity (Wildman–Crippen MR) is 84.4 cm³/mol. The first-order valence-electron chi connectivity index (χ1n) is 7.90. The second-order valence-corrected chi connectivity index (χ2v) is 6.17. The van der Waals surface area contributed by atoms with E-state index in [1.54, 1.807) is 12.1 Å². The van der Waals surface area contributed by atoms with Crippen LogP contribution in [0, 0.1) is 5.82 Å². The third-order valence-corrected chi connectivity index (χ3v) is 4.04. The van der Waals surface area contributed by atoms with Crippen LogP contribution in [0.25, 0.3) is 0 Å². The number of nitrogens with one attached hydrogen (secondary N) is 2. The molecule has 0 amide bonds. The zero-order valence-corrected chi connectivity index (χ0v) is 12.3. The van der Waals surface area contributed by atoms with Gasteiger partial charge in [-0.15, -0.1) is 0 Å². The number of halogens is 1. The van der Waals surface area contributed by atoms with Gasteiger partial charge in [0.15, 0.2) is 0 Å². The third-order valence-electron chi connectivity index (χ3n) is 4.04. The number of hydrogen-bond donors (Lipinski definition) is 2. The van der Waals surface area contributed by atoms with Crippen LogP contribution in [0.3, 0.4) is 0 Å². The highest BCUT2D eigenvalue weighted by Gasteiger charge is 2.27. The van der Waals surface area contributed by atoms with Crippen molar-refractivity contribution in [2.75, 3.05) is 10.6 Å². The van der Waals surface area contributed by atoms with Crippen molar-refractivity contribution in [3.05, 3.63) is 47.4 Å². The first-order chi connectivity index (χ1) is 10.8.